The third-order valence-corrected chi connectivity index (χ3v) is 4.94. The molecule has 0 aliphatic heterocycles. The van der Waals surface area contributed by atoms with Crippen LogP contribution in [0.3, 0.4) is 0 Å². The van der Waals surface area contributed by atoms with E-state index >= 15 is 0 Å². The van der Waals surface area contributed by atoms with E-state index in [1.807, 2.05) is 17.9 Å². The Morgan fingerprint density at radius 2 is 2.44 bits per heavy atom. The molecule has 1 N–H and O–H groups in total. The first-order chi connectivity index (χ1) is 8.74. The number of rotatable bonds is 5. The van der Waals surface area contributed by atoms with Gasteiger partial charge in [0.1, 0.15) is 4.88 Å². The summed E-state index contributed by atoms with van der Waals surface area (Å²) in [4.78, 5) is 16.4. The second-order valence-corrected chi connectivity index (χ2v) is 6.22. The van der Waals surface area contributed by atoms with E-state index in [1.54, 1.807) is 17.8 Å². The summed E-state index contributed by atoms with van der Waals surface area (Å²) in [5, 5.41) is 10.8. The Morgan fingerprint density at radius 3 is 3.11 bits per heavy atom. The van der Waals surface area contributed by atoms with Crippen molar-refractivity contribution < 1.29 is 9.90 Å². The van der Waals surface area contributed by atoms with Crippen molar-refractivity contribution in [3.63, 3.8) is 0 Å². The molecule has 2 aromatic heterocycles. The molecular formula is C12H12N2O2S2. The molecule has 2 heterocycles. The topological polar surface area (TPSA) is 55.1 Å². The molecule has 0 radical (unpaired) electrons. The number of carboxylic acid groups (broad SMARTS) is 1. The quantitative estimate of drug-likeness (QED) is 0.854. The Balaban J connectivity index is 1.66. The number of carboxylic acids is 1. The van der Waals surface area contributed by atoms with Gasteiger partial charge in [0, 0.05) is 34.0 Å². The third kappa shape index (κ3) is 2.44. The Kier molecular flexibility index (Phi) is 3.13. The van der Waals surface area contributed by atoms with Crippen LogP contribution in [0.1, 0.15) is 34.2 Å². The number of imidazole rings is 1. The minimum Gasteiger partial charge on any atom is -0.477 e. The maximum Gasteiger partial charge on any atom is 0.345 e. The zero-order valence-electron chi connectivity index (χ0n) is 9.57. The highest BCUT2D eigenvalue weighted by Crippen LogP contribution is 2.37. The van der Waals surface area contributed by atoms with Gasteiger partial charge in [-0.05, 0) is 18.9 Å². The molecule has 0 atom stereocenters. The van der Waals surface area contributed by atoms with E-state index in [0.29, 0.717) is 10.9 Å². The van der Waals surface area contributed by atoms with E-state index in [9.17, 15) is 4.79 Å². The van der Waals surface area contributed by atoms with Crippen LogP contribution in [0.2, 0.25) is 0 Å². The van der Waals surface area contributed by atoms with Crippen molar-refractivity contribution in [1.82, 2.24) is 9.55 Å². The average Bonchev–Trinajstić information content (AvgIpc) is 2.92. The molecule has 0 amide bonds. The number of hydrogen-bond donors (Lipinski definition) is 1. The highest BCUT2D eigenvalue weighted by Gasteiger charge is 2.25. The lowest BCUT2D eigenvalue weighted by atomic mass is 10.5. The van der Waals surface area contributed by atoms with E-state index in [-0.39, 0.29) is 0 Å². The molecule has 94 valence electrons. The second-order valence-electron chi connectivity index (χ2n) is 4.26. The van der Waals surface area contributed by atoms with Crippen molar-refractivity contribution in [1.29, 1.82) is 0 Å². The number of carbonyl (C=O) groups is 1. The minimum atomic E-state index is -0.852. The number of thiophene rings is 1. The summed E-state index contributed by atoms with van der Waals surface area (Å²) in [6, 6.07) is 2.37. The average molecular weight is 280 g/mol. The first-order valence-electron chi connectivity index (χ1n) is 5.69. The maximum atomic E-state index is 10.8. The molecule has 4 nitrogen and oxygen atoms in total. The molecule has 1 aliphatic rings. The van der Waals surface area contributed by atoms with Crippen molar-refractivity contribution >= 4 is 29.1 Å². The lowest BCUT2D eigenvalue weighted by molar-refractivity contribution is 0.0702. The number of aromatic nitrogens is 2. The van der Waals surface area contributed by atoms with Crippen LogP contribution in [-0.4, -0.2) is 20.6 Å². The molecule has 0 aromatic carbocycles. The highest BCUT2D eigenvalue weighted by atomic mass is 32.2. The molecule has 0 bridgehead atoms. The van der Waals surface area contributed by atoms with Gasteiger partial charge in [-0.15, -0.1) is 23.1 Å². The molecule has 2 aromatic rings. The molecule has 1 fully saturated rings. The monoisotopic (exact) mass is 280 g/mol. The fourth-order valence-electron chi connectivity index (χ4n) is 1.79. The zero-order chi connectivity index (χ0) is 12.5. The van der Waals surface area contributed by atoms with Gasteiger partial charge in [0.25, 0.3) is 0 Å². The highest BCUT2D eigenvalue weighted by molar-refractivity contribution is 7.98. The van der Waals surface area contributed by atoms with E-state index in [2.05, 4.69) is 9.55 Å². The Hall–Kier alpha value is -1.27. The summed E-state index contributed by atoms with van der Waals surface area (Å²) < 4.78 is 2.23. The van der Waals surface area contributed by atoms with Gasteiger partial charge < -0.3 is 9.67 Å². The first-order valence-corrected chi connectivity index (χ1v) is 7.56. The third-order valence-electron chi connectivity index (χ3n) is 2.86. The van der Waals surface area contributed by atoms with Gasteiger partial charge in [-0.1, -0.05) is 0 Å². The van der Waals surface area contributed by atoms with Gasteiger partial charge in [-0.25, -0.2) is 9.78 Å². The summed E-state index contributed by atoms with van der Waals surface area (Å²) in [5.74, 6) is -0.0124. The van der Waals surface area contributed by atoms with Crippen LogP contribution in [-0.2, 0) is 5.75 Å². The van der Waals surface area contributed by atoms with Gasteiger partial charge >= 0.3 is 5.97 Å². The Morgan fingerprint density at radius 1 is 1.61 bits per heavy atom. The molecule has 18 heavy (non-hydrogen) atoms. The van der Waals surface area contributed by atoms with Crippen LogP contribution in [0.5, 0.6) is 0 Å². The molecule has 6 heteroatoms. The summed E-state index contributed by atoms with van der Waals surface area (Å²) in [6.45, 7) is 0. The zero-order valence-corrected chi connectivity index (χ0v) is 11.2. The van der Waals surface area contributed by atoms with Crippen LogP contribution in [0.15, 0.2) is 28.9 Å². The predicted molar refractivity (Wildman–Crippen MR) is 71.3 cm³/mol. The molecule has 0 unspecified atom stereocenters. The van der Waals surface area contributed by atoms with Gasteiger partial charge in [0.15, 0.2) is 0 Å². The molecular weight excluding hydrogens is 268 g/mol. The van der Waals surface area contributed by atoms with Crippen molar-refractivity contribution in [3.8, 4) is 0 Å². The number of thioether (sulfide) groups is 1. The molecule has 1 aliphatic carbocycles. The summed E-state index contributed by atoms with van der Waals surface area (Å²) >= 11 is 2.94. The van der Waals surface area contributed by atoms with Gasteiger partial charge in [-0.3, -0.25) is 0 Å². The van der Waals surface area contributed by atoms with E-state index < -0.39 is 5.97 Å². The van der Waals surface area contributed by atoms with Crippen LogP contribution in [0.4, 0.5) is 0 Å². The predicted octanol–water partition coefficient (Wildman–Crippen LogP) is 3.27. The van der Waals surface area contributed by atoms with Crippen LogP contribution < -0.4 is 0 Å². The lowest BCUT2D eigenvalue weighted by Crippen LogP contribution is -1.96. The second kappa shape index (κ2) is 4.78. The van der Waals surface area contributed by atoms with Crippen LogP contribution >= 0.6 is 23.1 Å². The normalized spacial score (nSPS) is 14.9. The van der Waals surface area contributed by atoms with Crippen LogP contribution in [0, 0.1) is 0 Å². The molecule has 3 rings (SSSR count). The van der Waals surface area contributed by atoms with Gasteiger partial charge in [0.2, 0.25) is 0 Å². The number of hydrogen-bond acceptors (Lipinski definition) is 4. The largest absolute Gasteiger partial charge is 0.477 e. The standard InChI is InChI=1S/C12H12N2O2S2/c15-12(16)11-3-10(6-18-11)17-5-9-4-13-7-14(9)8-1-2-8/h3-4,6-8H,1-2,5H2,(H,15,16). The van der Waals surface area contributed by atoms with Crippen molar-refractivity contribution in [2.45, 2.75) is 29.5 Å². The lowest BCUT2D eigenvalue weighted by Gasteiger charge is -2.04. The summed E-state index contributed by atoms with van der Waals surface area (Å²) in [6.07, 6.45) is 6.28. The summed E-state index contributed by atoms with van der Waals surface area (Å²) in [7, 11) is 0. The van der Waals surface area contributed by atoms with E-state index in [1.165, 1.54) is 29.9 Å². The van der Waals surface area contributed by atoms with Crippen LogP contribution in [0.25, 0.3) is 0 Å². The van der Waals surface area contributed by atoms with Gasteiger partial charge in [0.05, 0.1) is 6.33 Å². The van der Waals surface area contributed by atoms with Crippen molar-refractivity contribution in [2.24, 2.45) is 0 Å². The van der Waals surface area contributed by atoms with Crippen molar-refractivity contribution in [2.75, 3.05) is 0 Å². The number of aromatic carboxylic acids is 1. The van der Waals surface area contributed by atoms with E-state index in [0.717, 1.165) is 10.6 Å². The summed E-state index contributed by atoms with van der Waals surface area (Å²) in [5.41, 5.74) is 1.21. The SMILES string of the molecule is O=C(O)c1cc(SCc2cncn2C2CC2)cs1. The Labute approximate surface area is 113 Å². The maximum absolute atomic E-state index is 10.8. The Bertz CT molecular complexity index is 572. The molecule has 0 saturated heterocycles. The first kappa shape index (κ1) is 11.8. The minimum absolute atomic E-state index is 0.396. The van der Waals surface area contributed by atoms with Crippen molar-refractivity contribution in [3.05, 3.63) is 34.5 Å². The smallest absolute Gasteiger partial charge is 0.345 e. The molecule has 1 saturated carbocycles. The number of nitrogens with zero attached hydrogens (tertiary/aromatic N) is 2. The fraction of sp³-hybridized carbons (Fsp3) is 0.333. The molecule has 0 spiro atoms. The van der Waals surface area contributed by atoms with Gasteiger partial charge in [-0.2, -0.15) is 0 Å². The fourth-order valence-corrected chi connectivity index (χ4v) is 3.63. The van der Waals surface area contributed by atoms with E-state index in [4.69, 9.17) is 5.11 Å².